The summed E-state index contributed by atoms with van der Waals surface area (Å²) in [6, 6.07) is 12.9. The number of anilines is 3. The van der Waals surface area contributed by atoms with Crippen molar-refractivity contribution in [2.45, 2.75) is 6.61 Å². The third-order valence-electron chi connectivity index (χ3n) is 4.67. The van der Waals surface area contributed by atoms with Gasteiger partial charge in [-0.3, -0.25) is 4.79 Å². The van der Waals surface area contributed by atoms with Crippen molar-refractivity contribution in [2.75, 3.05) is 36.5 Å². The molecule has 0 bridgehead atoms. The Morgan fingerprint density at radius 3 is 2.54 bits per heavy atom. The van der Waals surface area contributed by atoms with Crippen LogP contribution in [0, 0.1) is 0 Å². The number of fused-ring (bicyclic) bond motifs is 1. The number of amides is 1. The molecule has 0 unspecified atom stereocenters. The van der Waals surface area contributed by atoms with Gasteiger partial charge in [-0.2, -0.15) is 0 Å². The molecule has 4 rings (SSSR count). The van der Waals surface area contributed by atoms with Crippen LogP contribution in [0.15, 0.2) is 42.5 Å². The number of morpholine rings is 1. The molecule has 1 saturated heterocycles. The van der Waals surface area contributed by atoms with Crippen molar-refractivity contribution in [3.63, 3.8) is 0 Å². The molecule has 1 amide bonds. The highest BCUT2D eigenvalue weighted by molar-refractivity contribution is 5.98. The Bertz CT molecular complexity index is 1020. The van der Waals surface area contributed by atoms with Gasteiger partial charge in [-0.15, -0.1) is 0 Å². The second-order valence-corrected chi connectivity index (χ2v) is 6.50. The van der Waals surface area contributed by atoms with Crippen molar-refractivity contribution in [3.05, 3.63) is 53.7 Å². The summed E-state index contributed by atoms with van der Waals surface area (Å²) in [6.07, 6.45) is 0. The number of primary amides is 1. The number of benzene rings is 2. The first-order valence-electron chi connectivity index (χ1n) is 9.06. The number of para-hydroxylation sites is 2. The number of rotatable bonds is 5. The van der Waals surface area contributed by atoms with E-state index in [2.05, 4.69) is 20.2 Å². The first-order valence-corrected chi connectivity index (χ1v) is 9.06. The number of nitrogens with two attached hydrogens (primary N) is 1. The molecule has 144 valence electrons. The Morgan fingerprint density at radius 2 is 1.86 bits per heavy atom. The van der Waals surface area contributed by atoms with Crippen molar-refractivity contribution >= 4 is 34.1 Å². The molecule has 0 spiro atoms. The van der Waals surface area contributed by atoms with Gasteiger partial charge in [-0.05, 0) is 30.3 Å². The third-order valence-corrected chi connectivity index (χ3v) is 4.67. The lowest BCUT2D eigenvalue weighted by Gasteiger charge is -2.30. The Labute approximate surface area is 162 Å². The van der Waals surface area contributed by atoms with E-state index in [1.165, 1.54) is 0 Å². The smallest absolute Gasteiger partial charge is 0.271 e. The van der Waals surface area contributed by atoms with Gasteiger partial charge in [0.15, 0.2) is 11.5 Å². The third kappa shape index (κ3) is 3.60. The number of aliphatic hydroxyl groups excluding tert-OH is 1. The average Bonchev–Trinajstić information content (AvgIpc) is 2.73. The quantitative estimate of drug-likeness (QED) is 0.619. The first-order chi connectivity index (χ1) is 13.7. The summed E-state index contributed by atoms with van der Waals surface area (Å²) in [4.78, 5) is 22.9. The van der Waals surface area contributed by atoms with E-state index in [1.54, 1.807) is 6.07 Å². The zero-order valence-electron chi connectivity index (χ0n) is 15.3. The van der Waals surface area contributed by atoms with Crippen LogP contribution in [0.25, 0.3) is 11.0 Å². The molecule has 0 saturated carbocycles. The maximum atomic E-state index is 11.9. The van der Waals surface area contributed by atoms with Crippen molar-refractivity contribution in [1.29, 1.82) is 0 Å². The van der Waals surface area contributed by atoms with Crippen LogP contribution >= 0.6 is 0 Å². The van der Waals surface area contributed by atoms with Crippen LogP contribution in [0.2, 0.25) is 0 Å². The predicted octanol–water partition coefficient (Wildman–Crippen LogP) is 1.80. The number of hydrogen-bond acceptors (Lipinski definition) is 7. The van der Waals surface area contributed by atoms with E-state index in [0.29, 0.717) is 29.9 Å². The molecule has 4 N–H and O–H groups in total. The molecular weight excluding hydrogens is 358 g/mol. The lowest BCUT2D eigenvalue weighted by atomic mass is 10.1. The lowest BCUT2D eigenvalue weighted by Crippen LogP contribution is -2.36. The van der Waals surface area contributed by atoms with Gasteiger partial charge in [-0.25, -0.2) is 9.97 Å². The highest BCUT2D eigenvalue weighted by atomic mass is 16.5. The molecule has 0 atom stereocenters. The standard InChI is InChI=1S/C20H21N5O3/c21-19(27)18-20(24-16-4-2-1-3-15(16)23-18)22-14-5-6-17(13(11-14)12-26)25-7-9-28-10-8-25/h1-6,11,26H,7-10,12H2,(H2,21,27)(H,22,24). The molecule has 2 heterocycles. The molecular formula is C20H21N5O3. The highest BCUT2D eigenvalue weighted by Gasteiger charge is 2.17. The first kappa shape index (κ1) is 18.1. The second-order valence-electron chi connectivity index (χ2n) is 6.50. The fraction of sp³-hybridized carbons (Fsp3) is 0.250. The van der Waals surface area contributed by atoms with Crippen molar-refractivity contribution in [2.24, 2.45) is 5.73 Å². The highest BCUT2D eigenvalue weighted by Crippen LogP contribution is 2.28. The maximum absolute atomic E-state index is 11.9. The van der Waals surface area contributed by atoms with Crippen LogP contribution in [-0.4, -0.2) is 47.3 Å². The van der Waals surface area contributed by atoms with Gasteiger partial charge in [0.25, 0.3) is 5.91 Å². The summed E-state index contributed by atoms with van der Waals surface area (Å²) >= 11 is 0. The normalized spacial score (nSPS) is 14.2. The molecule has 28 heavy (non-hydrogen) atoms. The summed E-state index contributed by atoms with van der Waals surface area (Å²) in [5.74, 6) is -0.373. The van der Waals surface area contributed by atoms with Gasteiger partial charge in [0.2, 0.25) is 0 Å². The molecule has 8 nitrogen and oxygen atoms in total. The Kier molecular flexibility index (Phi) is 5.05. The van der Waals surface area contributed by atoms with Gasteiger partial charge >= 0.3 is 0 Å². The van der Waals surface area contributed by atoms with E-state index in [1.807, 2.05) is 36.4 Å². The van der Waals surface area contributed by atoms with E-state index in [0.717, 1.165) is 24.3 Å². The van der Waals surface area contributed by atoms with Crippen LogP contribution in [-0.2, 0) is 11.3 Å². The minimum absolute atomic E-state index is 0.0708. The Balaban J connectivity index is 1.68. The summed E-state index contributed by atoms with van der Waals surface area (Å²) in [5, 5.41) is 13.0. The van der Waals surface area contributed by atoms with Gasteiger partial charge in [0, 0.05) is 30.0 Å². The molecule has 2 aromatic carbocycles. The number of hydrogen-bond donors (Lipinski definition) is 3. The van der Waals surface area contributed by atoms with E-state index < -0.39 is 5.91 Å². The number of aromatic nitrogens is 2. The Morgan fingerprint density at radius 1 is 1.14 bits per heavy atom. The monoisotopic (exact) mass is 379 g/mol. The summed E-state index contributed by atoms with van der Waals surface area (Å²) in [6.45, 7) is 2.79. The molecule has 1 fully saturated rings. The molecule has 0 aliphatic carbocycles. The summed E-state index contributed by atoms with van der Waals surface area (Å²) < 4.78 is 5.39. The van der Waals surface area contributed by atoms with Crippen molar-refractivity contribution < 1.29 is 14.6 Å². The molecule has 8 heteroatoms. The number of carbonyl (C=O) groups excluding carboxylic acids is 1. The molecule has 0 radical (unpaired) electrons. The van der Waals surface area contributed by atoms with E-state index in [-0.39, 0.29) is 18.1 Å². The van der Waals surface area contributed by atoms with Crippen LogP contribution < -0.4 is 16.0 Å². The topological polar surface area (TPSA) is 114 Å². The van der Waals surface area contributed by atoms with Gasteiger partial charge in [0.05, 0.1) is 30.9 Å². The number of aliphatic hydroxyl groups is 1. The number of carbonyl (C=O) groups is 1. The van der Waals surface area contributed by atoms with Crippen LogP contribution in [0.1, 0.15) is 16.1 Å². The maximum Gasteiger partial charge on any atom is 0.271 e. The van der Waals surface area contributed by atoms with Crippen LogP contribution in [0.4, 0.5) is 17.2 Å². The second kappa shape index (κ2) is 7.79. The fourth-order valence-corrected chi connectivity index (χ4v) is 3.30. The zero-order valence-corrected chi connectivity index (χ0v) is 15.3. The van der Waals surface area contributed by atoms with Crippen molar-refractivity contribution in [3.8, 4) is 0 Å². The molecule has 1 aliphatic rings. The molecule has 3 aromatic rings. The lowest BCUT2D eigenvalue weighted by molar-refractivity contribution is 0.0996. The minimum Gasteiger partial charge on any atom is -0.392 e. The van der Waals surface area contributed by atoms with E-state index >= 15 is 0 Å². The van der Waals surface area contributed by atoms with Crippen LogP contribution in [0.5, 0.6) is 0 Å². The van der Waals surface area contributed by atoms with E-state index in [9.17, 15) is 9.90 Å². The number of nitrogens with one attached hydrogen (secondary N) is 1. The predicted molar refractivity (Wildman–Crippen MR) is 107 cm³/mol. The summed E-state index contributed by atoms with van der Waals surface area (Å²) in [7, 11) is 0. The average molecular weight is 379 g/mol. The molecule has 1 aromatic heterocycles. The number of ether oxygens (including phenoxy) is 1. The summed E-state index contributed by atoms with van der Waals surface area (Å²) in [5.41, 5.74) is 9.26. The largest absolute Gasteiger partial charge is 0.392 e. The van der Waals surface area contributed by atoms with Crippen molar-refractivity contribution in [1.82, 2.24) is 9.97 Å². The van der Waals surface area contributed by atoms with Gasteiger partial charge in [0.1, 0.15) is 0 Å². The van der Waals surface area contributed by atoms with Crippen LogP contribution in [0.3, 0.4) is 0 Å². The van der Waals surface area contributed by atoms with Gasteiger partial charge in [-0.1, -0.05) is 12.1 Å². The fourth-order valence-electron chi connectivity index (χ4n) is 3.30. The SMILES string of the molecule is NC(=O)c1nc2ccccc2nc1Nc1ccc(N2CCOCC2)c(CO)c1. The number of nitrogens with zero attached hydrogens (tertiary/aromatic N) is 3. The molecule has 1 aliphatic heterocycles. The van der Waals surface area contributed by atoms with Gasteiger partial charge < -0.3 is 25.8 Å². The van der Waals surface area contributed by atoms with E-state index in [4.69, 9.17) is 10.5 Å². The zero-order chi connectivity index (χ0) is 19.5. The Hall–Kier alpha value is -3.23. The minimum atomic E-state index is -0.659.